The van der Waals surface area contributed by atoms with Gasteiger partial charge in [-0.2, -0.15) is 5.10 Å². The molecule has 9 heteroatoms. The van der Waals surface area contributed by atoms with E-state index in [0.29, 0.717) is 43.0 Å². The van der Waals surface area contributed by atoms with E-state index >= 15 is 0 Å². The Morgan fingerprint density at radius 3 is 2.39 bits per heavy atom. The molecule has 1 aliphatic heterocycles. The number of benzene rings is 1. The Labute approximate surface area is 214 Å². The van der Waals surface area contributed by atoms with E-state index < -0.39 is 11.2 Å². The van der Waals surface area contributed by atoms with Gasteiger partial charge in [-0.1, -0.05) is 0 Å². The van der Waals surface area contributed by atoms with Gasteiger partial charge < -0.3 is 25.2 Å². The third-order valence-electron chi connectivity index (χ3n) is 7.40. The minimum Gasteiger partial charge on any atom is -0.444 e. The van der Waals surface area contributed by atoms with Crippen LogP contribution in [-0.4, -0.2) is 81.8 Å². The summed E-state index contributed by atoms with van der Waals surface area (Å²) < 4.78 is 13.2. The van der Waals surface area contributed by atoms with Gasteiger partial charge in [0.2, 0.25) is 0 Å². The van der Waals surface area contributed by atoms with Crippen molar-refractivity contribution < 1.29 is 19.4 Å². The molecule has 4 rings (SSSR count). The molecule has 2 aromatic rings. The lowest BCUT2D eigenvalue weighted by Crippen LogP contribution is -2.60. The van der Waals surface area contributed by atoms with Gasteiger partial charge in [-0.15, -0.1) is 0 Å². The largest absolute Gasteiger partial charge is 0.444 e. The molecule has 1 saturated heterocycles. The molecule has 2 heterocycles. The molecule has 0 bridgehead atoms. The second-order valence-corrected chi connectivity index (χ2v) is 11.9. The SMILES string of the molecule is COC[C@H]1CN(C(=O)OC(C)(C)C)CCN1C1CCC(n2cc3cc(N)c(C(C)(C)O)cc3n2)CC1. The van der Waals surface area contributed by atoms with Crippen LogP contribution in [0.15, 0.2) is 18.3 Å². The molecule has 2 fully saturated rings. The molecule has 3 N–H and O–H groups in total. The van der Waals surface area contributed by atoms with Gasteiger partial charge in [0.1, 0.15) is 5.60 Å². The Balaban J connectivity index is 1.40. The van der Waals surface area contributed by atoms with Crippen LogP contribution in [0, 0.1) is 0 Å². The second-order valence-electron chi connectivity index (χ2n) is 11.9. The van der Waals surface area contributed by atoms with Crippen LogP contribution in [0.3, 0.4) is 0 Å². The maximum absolute atomic E-state index is 12.6. The van der Waals surface area contributed by atoms with Crippen molar-refractivity contribution in [1.29, 1.82) is 0 Å². The summed E-state index contributed by atoms with van der Waals surface area (Å²) in [5, 5.41) is 16.3. The van der Waals surface area contributed by atoms with Crippen LogP contribution < -0.4 is 5.73 Å². The molecule has 1 amide bonds. The number of ether oxygens (including phenoxy) is 2. The van der Waals surface area contributed by atoms with Gasteiger partial charge in [0.25, 0.3) is 0 Å². The fourth-order valence-corrected chi connectivity index (χ4v) is 5.66. The summed E-state index contributed by atoms with van der Waals surface area (Å²) in [6.45, 7) is 11.9. The Morgan fingerprint density at radius 1 is 1.11 bits per heavy atom. The summed E-state index contributed by atoms with van der Waals surface area (Å²) in [4.78, 5) is 17.0. The number of aliphatic hydroxyl groups is 1. The quantitative estimate of drug-likeness (QED) is 0.599. The van der Waals surface area contributed by atoms with E-state index in [9.17, 15) is 9.90 Å². The minimum absolute atomic E-state index is 0.161. The van der Waals surface area contributed by atoms with E-state index in [2.05, 4.69) is 15.8 Å². The highest BCUT2D eigenvalue weighted by Gasteiger charge is 2.37. The van der Waals surface area contributed by atoms with Crippen molar-refractivity contribution in [2.45, 2.75) is 89.6 Å². The molecule has 200 valence electrons. The number of hydrogen-bond donors (Lipinski definition) is 2. The van der Waals surface area contributed by atoms with Crippen molar-refractivity contribution in [3.05, 3.63) is 23.9 Å². The zero-order valence-electron chi connectivity index (χ0n) is 22.7. The van der Waals surface area contributed by atoms with Crippen molar-refractivity contribution in [3.63, 3.8) is 0 Å². The summed E-state index contributed by atoms with van der Waals surface area (Å²) >= 11 is 0. The lowest BCUT2D eigenvalue weighted by Gasteiger charge is -2.46. The van der Waals surface area contributed by atoms with Gasteiger partial charge in [0, 0.05) is 55.6 Å². The topological polar surface area (TPSA) is 106 Å². The highest BCUT2D eigenvalue weighted by molar-refractivity contribution is 5.83. The standard InChI is InChI=1S/C27H43N5O4/c1-26(2,3)36-25(33)30-11-12-31(21(16-30)17-35-6)19-7-9-20(10-8-19)32-15-18-13-23(28)22(27(4,5)34)14-24(18)29-32/h13-15,19-21,34H,7-12,16-17,28H2,1-6H3/t19?,20?,21-/m1/s1. The highest BCUT2D eigenvalue weighted by Crippen LogP contribution is 2.35. The number of nitrogens with zero attached hydrogens (tertiary/aromatic N) is 4. The van der Waals surface area contributed by atoms with Gasteiger partial charge in [0.05, 0.1) is 29.8 Å². The van der Waals surface area contributed by atoms with Crippen molar-refractivity contribution >= 4 is 22.7 Å². The number of anilines is 1. The number of rotatable bonds is 5. The van der Waals surface area contributed by atoms with Crippen molar-refractivity contribution in [3.8, 4) is 0 Å². The van der Waals surface area contributed by atoms with Crippen LogP contribution >= 0.6 is 0 Å². The second kappa shape index (κ2) is 10.2. The number of hydrogen-bond acceptors (Lipinski definition) is 7. The van der Waals surface area contributed by atoms with E-state index in [1.165, 1.54) is 0 Å². The summed E-state index contributed by atoms with van der Waals surface area (Å²) in [7, 11) is 1.72. The number of carbonyl (C=O) groups excluding carboxylic acids is 1. The zero-order valence-corrected chi connectivity index (χ0v) is 22.7. The van der Waals surface area contributed by atoms with Crippen LogP contribution in [0.25, 0.3) is 10.9 Å². The van der Waals surface area contributed by atoms with Crippen molar-refractivity contribution in [1.82, 2.24) is 19.6 Å². The zero-order chi connectivity index (χ0) is 26.3. The first-order chi connectivity index (χ1) is 16.9. The number of fused-ring (bicyclic) bond motifs is 1. The van der Waals surface area contributed by atoms with Crippen molar-refractivity contribution in [2.24, 2.45) is 0 Å². The van der Waals surface area contributed by atoms with E-state index in [1.54, 1.807) is 21.0 Å². The molecule has 0 unspecified atom stereocenters. The molecule has 2 aliphatic rings. The number of carbonyl (C=O) groups is 1. The monoisotopic (exact) mass is 501 g/mol. The Hall–Kier alpha value is -2.36. The smallest absolute Gasteiger partial charge is 0.410 e. The van der Waals surface area contributed by atoms with Crippen molar-refractivity contribution in [2.75, 3.05) is 39.1 Å². The summed E-state index contributed by atoms with van der Waals surface area (Å²) in [6.07, 6.45) is 6.07. The number of amides is 1. The van der Waals surface area contributed by atoms with Crippen LogP contribution in [0.2, 0.25) is 0 Å². The summed E-state index contributed by atoms with van der Waals surface area (Å²) in [5.41, 5.74) is 6.87. The third kappa shape index (κ3) is 5.95. The molecule has 36 heavy (non-hydrogen) atoms. The number of aromatic nitrogens is 2. The molecular weight excluding hydrogens is 458 g/mol. The molecule has 1 atom stereocenters. The van der Waals surface area contributed by atoms with E-state index in [0.717, 1.165) is 43.1 Å². The Morgan fingerprint density at radius 2 is 1.78 bits per heavy atom. The van der Waals surface area contributed by atoms with Crippen LogP contribution in [0.1, 0.15) is 71.9 Å². The van der Waals surface area contributed by atoms with Gasteiger partial charge in [-0.05, 0) is 72.4 Å². The maximum Gasteiger partial charge on any atom is 0.410 e. The predicted octanol–water partition coefficient (Wildman–Crippen LogP) is 3.90. The number of nitrogen functional groups attached to an aromatic ring is 1. The summed E-state index contributed by atoms with van der Waals surface area (Å²) in [5.74, 6) is 0. The van der Waals surface area contributed by atoms with Gasteiger partial charge in [0.15, 0.2) is 0 Å². The fraction of sp³-hybridized carbons (Fsp3) is 0.704. The Bertz CT molecular complexity index is 1060. The lowest BCUT2D eigenvalue weighted by atomic mass is 9.89. The molecule has 1 aliphatic carbocycles. The van der Waals surface area contributed by atoms with Crippen LogP contribution in [0.5, 0.6) is 0 Å². The van der Waals surface area contributed by atoms with Gasteiger partial charge >= 0.3 is 6.09 Å². The molecule has 0 spiro atoms. The Kier molecular flexibility index (Phi) is 7.55. The third-order valence-corrected chi connectivity index (χ3v) is 7.40. The summed E-state index contributed by atoms with van der Waals surface area (Å²) in [6, 6.07) is 4.78. The normalized spacial score (nSPS) is 24.3. The first kappa shape index (κ1) is 26.7. The molecule has 1 saturated carbocycles. The molecule has 9 nitrogen and oxygen atoms in total. The average Bonchev–Trinajstić information content (AvgIpc) is 3.20. The maximum atomic E-state index is 12.6. The van der Waals surface area contributed by atoms with E-state index in [1.807, 2.05) is 37.8 Å². The minimum atomic E-state index is -1.01. The average molecular weight is 502 g/mol. The molecular formula is C27H43N5O4. The van der Waals surface area contributed by atoms with Gasteiger partial charge in [-0.3, -0.25) is 9.58 Å². The highest BCUT2D eigenvalue weighted by atomic mass is 16.6. The molecule has 1 aromatic heterocycles. The lowest BCUT2D eigenvalue weighted by molar-refractivity contribution is -0.0278. The van der Waals surface area contributed by atoms with Crippen LogP contribution in [0.4, 0.5) is 10.5 Å². The van der Waals surface area contributed by atoms with Crippen LogP contribution in [-0.2, 0) is 15.1 Å². The number of piperazine rings is 1. The first-order valence-corrected chi connectivity index (χ1v) is 13.1. The number of methoxy groups -OCH3 is 1. The first-order valence-electron chi connectivity index (χ1n) is 13.1. The molecule has 1 aromatic carbocycles. The van der Waals surface area contributed by atoms with Gasteiger partial charge in [-0.25, -0.2) is 4.79 Å². The molecule has 0 radical (unpaired) electrons. The number of nitrogens with two attached hydrogens (primary N) is 1. The fourth-order valence-electron chi connectivity index (χ4n) is 5.66. The van der Waals surface area contributed by atoms with E-state index in [-0.39, 0.29) is 12.1 Å². The predicted molar refractivity (Wildman–Crippen MR) is 141 cm³/mol. The van der Waals surface area contributed by atoms with E-state index in [4.69, 9.17) is 20.3 Å².